The standard InChI is InChI=1S/C19H24N4O3S2/c1-13-8-10-15(11-9-13)23-28(25,26)16-7-5-6-14(12-16)17(24)21-22-18(27)20-19(2,3)4/h5-12,23H,1-4H3,(H,21,24)(H2,20,22,27). The number of rotatable bonds is 4. The van der Waals surface area contributed by atoms with Crippen LogP contribution in [-0.2, 0) is 10.0 Å². The first-order valence-corrected chi connectivity index (χ1v) is 10.4. The molecule has 0 bridgehead atoms. The van der Waals surface area contributed by atoms with E-state index in [2.05, 4.69) is 20.9 Å². The van der Waals surface area contributed by atoms with Crippen molar-refractivity contribution in [3.63, 3.8) is 0 Å². The molecule has 0 unspecified atom stereocenters. The summed E-state index contributed by atoms with van der Waals surface area (Å²) >= 11 is 5.09. The second-order valence-corrected chi connectivity index (χ2v) is 9.37. The summed E-state index contributed by atoms with van der Waals surface area (Å²) in [7, 11) is -3.83. The lowest BCUT2D eigenvalue weighted by atomic mass is 10.1. The van der Waals surface area contributed by atoms with E-state index in [0.29, 0.717) is 5.69 Å². The van der Waals surface area contributed by atoms with Gasteiger partial charge in [0.15, 0.2) is 5.11 Å². The molecule has 9 heteroatoms. The van der Waals surface area contributed by atoms with Gasteiger partial charge in [-0.05, 0) is 70.2 Å². The van der Waals surface area contributed by atoms with Crippen LogP contribution in [0, 0.1) is 6.92 Å². The van der Waals surface area contributed by atoms with Gasteiger partial charge < -0.3 is 5.32 Å². The van der Waals surface area contributed by atoms with Crippen LogP contribution in [0.2, 0.25) is 0 Å². The number of hydrazine groups is 1. The second kappa shape index (κ2) is 8.57. The van der Waals surface area contributed by atoms with Crippen molar-refractivity contribution in [1.82, 2.24) is 16.2 Å². The summed E-state index contributed by atoms with van der Waals surface area (Å²) in [6.45, 7) is 7.70. The van der Waals surface area contributed by atoms with Gasteiger partial charge >= 0.3 is 0 Å². The molecule has 28 heavy (non-hydrogen) atoms. The minimum Gasteiger partial charge on any atom is -0.357 e. The number of anilines is 1. The Kier molecular flexibility index (Phi) is 6.63. The fraction of sp³-hybridized carbons (Fsp3) is 0.263. The summed E-state index contributed by atoms with van der Waals surface area (Å²) in [5.41, 5.74) is 6.43. The third kappa shape index (κ3) is 6.50. The van der Waals surface area contributed by atoms with Gasteiger partial charge in [0.1, 0.15) is 0 Å². The first kappa shape index (κ1) is 21.6. The molecule has 0 aliphatic rings. The number of carbonyl (C=O) groups is 1. The SMILES string of the molecule is Cc1ccc(NS(=O)(=O)c2cccc(C(=O)NNC(=S)NC(C)(C)C)c2)cc1. The maximum atomic E-state index is 12.6. The van der Waals surface area contributed by atoms with Crippen molar-refractivity contribution in [2.45, 2.75) is 38.1 Å². The molecule has 0 aliphatic carbocycles. The third-order valence-corrected chi connectivity index (χ3v) is 5.07. The maximum absolute atomic E-state index is 12.6. The molecule has 0 heterocycles. The predicted molar refractivity (Wildman–Crippen MR) is 115 cm³/mol. The highest BCUT2D eigenvalue weighted by molar-refractivity contribution is 7.92. The van der Waals surface area contributed by atoms with Crippen LogP contribution in [0.1, 0.15) is 36.7 Å². The van der Waals surface area contributed by atoms with Crippen LogP contribution in [0.25, 0.3) is 0 Å². The van der Waals surface area contributed by atoms with Gasteiger partial charge in [-0.2, -0.15) is 0 Å². The smallest absolute Gasteiger partial charge is 0.269 e. The van der Waals surface area contributed by atoms with Gasteiger partial charge in [-0.25, -0.2) is 8.42 Å². The first-order chi connectivity index (χ1) is 13.0. The molecule has 0 spiro atoms. The van der Waals surface area contributed by atoms with Crippen molar-refractivity contribution in [3.05, 3.63) is 59.7 Å². The molecular formula is C19H24N4O3S2. The number of hydrogen-bond acceptors (Lipinski definition) is 4. The van der Waals surface area contributed by atoms with Crippen LogP contribution < -0.4 is 20.9 Å². The van der Waals surface area contributed by atoms with Gasteiger partial charge in [0.25, 0.3) is 15.9 Å². The van der Waals surface area contributed by atoms with E-state index < -0.39 is 15.9 Å². The Bertz CT molecular complexity index is 965. The second-order valence-electron chi connectivity index (χ2n) is 7.28. The predicted octanol–water partition coefficient (Wildman–Crippen LogP) is 2.70. The lowest BCUT2D eigenvalue weighted by molar-refractivity contribution is 0.0943. The van der Waals surface area contributed by atoms with Gasteiger partial charge in [-0.3, -0.25) is 20.4 Å². The minimum absolute atomic E-state index is 0.0175. The number of benzene rings is 2. The Labute approximate surface area is 170 Å². The van der Waals surface area contributed by atoms with E-state index in [-0.39, 0.29) is 21.1 Å². The lowest BCUT2D eigenvalue weighted by Gasteiger charge is -2.23. The molecule has 0 aromatic heterocycles. The molecule has 2 aromatic rings. The van der Waals surface area contributed by atoms with Gasteiger partial charge in [0.05, 0.1) is 4.90 Å². The molecule has 1 amide bonds. The van der Waals surface area contributed by atoms with Crippen molar-refractivity contribution in [2.24, 2.45) is 0 Å². The topological polar surface area (TPSA) is 99.3 Å². The summed E-state index contributed by atoms with van der Waals surface area (Å²) in [5, 5.41) is 3.25. The van der Waals surface area contributed by atoms with E-state index in [0.717, 1.165) is 5.56 Å². The molecule has 2 rings (SSSR count). The number of nitrogens with one attached hydrogen (secondary N) is 4. The summed E-state index contributed by atoms with van der Waals surface area (Å²) in [6, 6.07) is 12.7. The molecule has 4 N–H and O–H groups in total. The minimum atomic E-state index is -3.83. The zero-order chi connectivity index (χ0) is 20.9. The van der Waals surface area contributed by atoms with Gasteiger partial charge in [0, 0.05) is 16.8 Å². The quantitative estimate of drug-likeness (QED) is 0.448. The Morgan fingerprint density at radius 1 is 1.00 bits per heavy atom. The fourth-order valence-corrected chi connectivity index (χ4v) is 3.66. The molecule has 0 radical (unpaired) electrons. The molecule has 0 saturated heterocycles. The zero-order valence-electron chi connectivity index (χ0n) is 16.2. The number of amides is 1. The van der Waals surface area contributed by atoms with Crippen molar-refractivity contribution in [1.29, 1.82) is 0 Å². The highest BCUT2D eigenvalue weighted by atomic mass is 32.2. The van der Waals surface area contributed by atoms with Crippen LogP contribution >= 0.6 is 12.2 Å². The molecule has 0 fully saturated rings. The Hall–Kier alpha value is -2.65. The maximum Gasteiger partial charge on any atom is 0.269 e. The lowest BCUT2D eigenvalue weighted by Crippen LogP contribution is -2.52. The number of aryl methyl sites for hydroxylation is 1. The van der Waals surface area contributed by atoms with Crippen LogP contribution in [0.3, 0.4) is 0 Å². The van der Waals surface area contributed by atoms with Gasteiger partial charge in [-0.1, -0.05) is 23.8 Å². The largest absolute Gasteiger partial charge is 0.357 e. The molecule has 0 aliphatic heterocycles. The van der Waals surface area contributed by atoms with Crippen molar-refractivity contribution in [2.75, 3.05) is 4.72 Å². The number of sulfonamides is 1. The fourth-order valence-electron chi connectivity index (χ4n) is 2.20. The molecule has 7 nitrogen and oxygen atoms in total. The van der Waals surface area contributed by atoms with E-state index in [9.17, 15) is 13.2 Å². The van der Waals surface area contributed by atoms with E-state index >= 15 is 0 Å². The molecule has 150 valence electrons. The monoisotopic (exact) mass is 420 g/mol. The van der Waals surface area contributed by atoms with Gasteiger partial charge in [0.2, 0.25) is 0 Å². The van der Waals surface area contributed by atoms with Crippen LogP contribution in [-0.4, -0.2) is 25.0 Å². The summed E-state index contributed by atoms with van der Waals surface area (Å²) < 4.78 is 27.7. The zero-order valence-corrected chi connectivity index (χ0v) is 17.8. The van der Waals surface area contributed by atoms with Gasteiger partial charge in [-0.15, -0.1) is 0 Å². The van der Waals surface area contributed by atoms with Crippen LogP contribution in [0.15, 0.2) is 53.4 Å². The number of thiocarbonyl (C=S) groups is 1. The third-order valence-electron chi connectivity index (χ3n) is 3.49. The normalized spacial score (nSPS) is 11.4. The Morgan fingerprint density at radius 2 is 1.64 bits per heavy atom. The van der Waals surface area contributed by atoms with Crippen LogP contribution in [0.5, 0.6) is 0 Å². The average Bonchev–Trinajstić information content (AvgIpc) is 2.60. The Balaban J connectivity index is 2.09. The number of carbonyl (C=O) groups excluding carboxylic acids is 1. The van der Waals surface area contributed by atoms with E-state index in [4.69, 9.17) is 12.2 Å². The van der Waals surface area contributed by atoms with Crippen molar-refractivity contribution in [3.8, 4) is 0 Å². The van der Waals surface area contributed by atoms with Crippen LogP contribution in [0.4, 0.5) is 5.69 Å². The van der Waals surface area contributed by atoms with E-state index in [1.165, 1.54) is 24.3 Å². The summed E-state index contributed by atoms with van der Waals surface area (Å²) in [6.07, 6.45) is 0. The highest BCUT2D eigenvalue weighted by Gasteiger charge is 2.17. The summed E-state index contributed by atoms with van der Waals surface area (Å²) in [4.78, 5) is 12.3. The summed E-state index contributed by atoms with van der Waals surface area (Å²) in [5.74, 6) is -0.509. The van der Waals surface area contributed by atoms with Crippen molar-refractivity contribution < 1.29 is 13.2 Å². The van der Waals surface area contributed by atoms with E-state index in [1.54, 1.807) is 12.1 Å². The molecule has 2 aromatic carbocycles. The van der Waals surface area contributed by atoms with Crippen molar-refractivity contribution >= 4 is 38.9 Å². The molecule has 0 atom stereocenters. The Morgan fingerprint density at radius 3 is 2.25 bits per heavy atom. The number of hydrogen-bond donors (Lipinski definition) is 4. The first-order valence-electron chi connectivity index (χ1n) is 8.54. The highest BCUT2D eigenvalue weighted by Crippen LogP contribution is 2.17. The molecular weight excluding hydrogens is 396 g/mol. The van der Waals surface area contributed by atoms with E-state index in [1.807, 2.05) is 39.8 Å². The molecule has 0 saturated carbocycles. The average molecular weight is 421 g/mol.